The molecule has 0 bridgehead atoms. The smallest absolute Gasteiger partial charge is 0.283 e. The van der Waals surface area contributed by atoms with Crippen molar-refractivity contribution in [2.24, 2.45) is 0 Å². The van der Waals surface area contributed by atoms with Crippen molar-refractivity contribution in [1.29, 1.82) is 0 Å². The molecule has 0 aromatic heterocycles. The molecular formula is C24H31N2O+. The summed E-state index contributed by atoms with van der Waals surface area (Å²) in [6, 6.07) is 20.2. The highest BCUT2D eigenvalue weighted by Gasteiger charge is 2.43. The molecule has 0 saturated heterocycles. The molecule has 2 aromatic rings. The molecule has 2 fully saturated rings. The Morgan fingerprint density at radius 1 is 0.963 bits per heavy atom. The second-order valence-corrected chi connectivity index (χ2v) is 8.55. The Labute approximate surface area is 162 Å². The molecule has 2 aliphatic carbocycles. The van der Waals surface area contributed by atoms with E-state index >= 15 is 0 Å². The third-order valence-electron chi connectivity index (χ3n) is 5.85. The van der Waals surface area contributed by atoms with Gasteiger partial charge in [-0.15, -0.1) is 0 Å². The van der Waals surface area contributed by atoms with Crippen LogP contribution in [0.5, 0.6) is 0 Å². The highest BCUT2D eigenvalue weighted by Crippen LogP contribution is 2.24. The van der Waals surface area contributed by atoms with Crippen LogP contribution in [0.4, 0.5) is 0 Å². The van der Waals surface area contributed by atoms with E-state index in [-0.39, 0.29) is 11.9 Å². The molecule has 0 aliphatic heterocycles. The lowest BCUT2D eigenvalue weighted by Crippen LogP contribution is -3.13. The molecule has 3 heteroatoms. The first kappa shape index (κ1) is 18.2. The van der Waals surface area contributed by atoms with E-state index in [2.05, 4.69) is 67.7 Å². The number of rotatable bonds is 8. The summed E-state index contributed by atoms with van der Waals surface area (Å²) in [7, 11) is 0. The van der Waals surface area contributed by atoms with Gasteiger partial charge in [-0.05, 0) is 24.3 Å². The maximum atomic E-state index is 13.2. The van der Waals surface area contributed by atoms with Gasteiger partial charge < -0.3 is 10.2 Å². The van der Waals surface area contributed by atoms with Gasteiger partial charge in [-0.2, -0.15) is 0 Å². The van der Waals surface area contributed by atoms with Crippen LogP contribution in [0.1, 0.15) is 68.2 Å². The topological polar surface area (TPSA) is 33.5 Å². The van der Waals surface area contributed by atoms with Crippen LogP contribution in [0.2, 0.25) is 0 Å². The Morgan fingerprint density at radius 2 is 1.63 bits per heavy atom. The van der Waals surface area contributed by atoms with Gasteiger partial charge in [-0.3, -0.25) is 4.79 Å². The highest BCUT2D eigenvalue weighted by molar-refractivity contribution is 5.82. The van der Waals surface area contributed by atoms with Gasteiger partial charge in [0.2, 0.25) is 0 Å². The van der Waals surface area contributed by atoms with Crippen LogP contribution in [0.15, 0.2) is 54.6 Å². The molecule has 142 valence electrons. The minimum atomic E-state index is -0.121. The van der Waals surface area contributed by atoms with Gasteiger partial charge in [0.1, 0.15) is 6.54 Å². The molecule has 3 nitrogen and oxygen atoms in total. The number of carbonyl (C=O) groups is 1. The minimum absolute atomic E-state index is 0.121. The zero-order valence-corrected chi connectivity index (χ0v) is 16.4. The largest absolute Gasteiger partial charge is 0.348 e. The summed E-state index contributed by atoms with van der Waals surface area (Å²) >= 11 is 0. The fourth-order valence-corrected chi connectivity index (χ4v) is 3.88. The van der Waals surface area contributed by atoms with Crippen LogP contribution in [0, 0.1) is 0 Å². The van der Waals surface area contributed by atoms with Crippen LogP contribution in [0.25, 0.3) is 0 Å². The molecule has 0 spiro atoms. The Bertz CT molecular complexity index is 761. The standard InChI is InChI=1S/C24H30N2O/c1-17(2)19-10-8-18(9-11-19)16-26(22-14-15-22)23(20-6-4-3-5-7-20)24(27)25-21-12-13-21/h3-11,17,21-23H,12-16H2,1-2H3,(H,25,27)/p+1/t23-/m0/s1. The lowest BCUT2D eigenvalue weighted by atomic mass is 10.00. The van der Waals surface area contributed by atoms with E-state index in [1.165, 1.54) is 28.9 Å². The molecule has 27 heavy (non-hydrogen) atoms. The van der Waals surface area contributed by atoms with Crippen molar-refractivity contribution in [1.82, 2.24) is 5.32 Å². The Morgan fingerprint density at radius 3 is 2.19 bits per heavy atom. The fraction of sp³-hybridized carbons (Fsp3) is 0.458. The number of benzene rings is 2. The van der Waals surface area contributed by atoms with Gasteiger partial charge >= 0.3 is 0 Å². The lowest BCUT2D eigenvalue weighted by molar-refractivity contribution is -0.946. The van der Waals surface area contributed by atoms with Gasteiger partial charge in [-0.1, -0.05) is 68.4 Å². The average Bonchev–Trinajstić information content (AvgIpc) is 3.57. The summed E-state index contributed by atoms with van der Waals surface area (Å²) in [6.45, 7) is 5.36. The molecule has 2 N–H and O–H groups in total. The monoisotopic (exact) mass is 363 g/mol. The Hall–Kier alpha value is -2.13. The first-order valence-corrected chi connectivity index (χ1v) is 10.4. The molecule has 1 unspecified atom stereocenters. The van der Waals surface area contributed by atoms with Crippen LogP contribution < -0.4 is 10.2 Å². The van der Waals surface area contributed by atoms with E-state index in [1.54, 1.807) is 0 Å². The Kier molecular flexibility index (Phi) is 5.31. The van der Waals surface area contributed by atoms with E-state index in [1.807, 2.05) is 6.07 Å². The van der Waals surface area contributed by atoms with E-state index in [0.29, 0.717) is 18.0 Å². The van der Waals surface area contributed by atoms with Gasteiger partial charge in [0.25, 0.3) is 5.91 Å². The van der Waals surface area contributed by atoms with E-state index < -0.39 is 0 Å². The number of quaternary nitrogens is 1. The average molecular weight is 364 g/mol. The number of hydrogen-bond donors (Lipinski definition) is 2. The van der Waals surface area contributed by atoms with Crippen molar-refractivity contribution in [3.63, 3.8) is 0 Å². The molecule has 2 saturated carbocycles. The molecule has 2 aromatic carbocycles. The van der Waals surface area contributed by atoms with Crippen LogP contribution >= 0.6 is 0 Å². The number of amides is 1. The molecule has 2 aliphatic rings. The predicted molar refractivity (Wildman–Crippen MR) is 109 cm³/mol. The summed E-state index contributed by atoms with van der Waals surface area (Å²) in [6.07, 6.45) is 4.70. The third kappa shape index (κ3) is 4.59. The first-order chi connectivity index (χ1) is 13.1. The first-order valence-electron chi connectivity index (χ1n) is 10.4. The normalized spacial score (nSPS) is 18.9. The van der Waals surface area contributed by atoms with Crippen LogP contribution in [-0.4, -0.2) is 18.0 Å². The van der Waals surface area contributed by atoms with Crippen molar-refractivity contribution in [2.75, 3.05) is 0 Å². The molecule has 0 heterocycles. The van der Waals surface area contributed by atoms with E-state index in [0.717, 1.165) is 24.9 Å². The van der Waals surface area contributed by atoms with Crippen LogP contribution in [0.3, 0.4) is 0 Å². The summed E-state index contributed by atoms with van der Waals surface area (Å²) in [4.78, 5) is 14.6. The number of carbonyl (C=O) groups excluding carboxylic acids is 1. The lowest BCUT2D eigenvalue weighted by Gasteiger charge is -2.28. The summed E-state index contributed by atoms with van der Waals surface area (Å²) in [5.41, 5.74) is 3.83. The van der Waals surface area contributed by atoms with Crippen LogP contribution in [-0.2, 0) is 11.3 Å². The fourth-order valence-electron chi connectivity index (χ4n) is 3.88. The quantitative estimate of drug-likeness (QED) is 0.741. The highest BCUT2D eigenvalue weighted by atomic mass is 16.2. The van der Waals surface area contributed by atoms with Crippen molar-refractivity contribution >= 4 is 5.91 Å². The maximum Gasteiger partial charge on any atom is 0.283 e. The van der Waals surface area contributed by atoms with Gasteiger partial charge in [0.15, 0.2) is 6.04 Å². The van der Waals surface area contributed by atoms with Crippen molar-refractivity contribution in [3.05, 3.63) is 71.3 Å². The SMILES string of the molecule is CC(C)c1ccc(C[NH+](C2CC2)[C@H](C(=O)NC2CC2)c2ccccc2)cc1. The zero-order chi connectivity index (χ0) is 18.8. The number of nitrogens with one attached hydrogen (secondary N) is 2. The van der Waals surface area contributed by atoms with Crippen molar-refractivity contribution in [3.8, 4) is 0 Å². The summed E-state index contributed by atoms with van der Waals surface area (Å²) in [5, 5.41) is 3.27. The van der Waals surface area contributed by atoms with Crippen molar-refractivity contribution in [2.45, 2.75) is 70.1 Å². The zero-order valence-electron chi connectivity index (χ0n) is 16.4. The van der Waals surface area contributed by atoms with E-state index in [9.17, 15) is 4.79 Å². The molecule has 0 radical (unpaired) electrons. The third-order valence-corrected chi connectivity index (χ3v) is 5.85. The summed E-state index contributed by atoms with van der Waals surface area (Å²) in [5.74, 6) is 0.747. The maximum absolute atomic E-state index is 13.2. The molecule has 2 atom stereocenters. The van der Waals surface area contributed by atoms with Crippen molar-refractivity contribution < 1.29 is 9.69 Å². The second-order valence-electron chi connectivity index (χ2n) is 8.55. The van der Waals surface area contributed by atoms with Gasteiger partial charge in [-0.25, -0.2) is 0 Å². The van der Waals surface area contributed by atoms with E-state index in [4.69, 9.17) is 0 Å². The van der Waals surface area contributed by atoms with Gasteiger partial charge in [0.05, 0.1) is 6.04 Å². The molecule has 4 rings (SSSR count). The Balaban J connectivity index is 1.59. The van der Waals surface area contributed by atoms with Gasteiger partial charge in [0, 0.05) is 30.0 Å². The number of hydrogen-bond acceptors (Lipinski definition) is 1. The summed E-state index contributed by atoms with van der Waals surface area (Å²) < 4.78 is 0. The molecule has 1 amide bonds. The minimum Gasteiger partial charge on any atom is -0.348 e. The predicted octanol–water partition coefficient (Wildman–Crippen LogP) is 3.38. The second kappa shape index (κ2) is 7.85. The molecular weight excluding hydrogens is 332 g/mol.